The minimum absolute atomic E-state index is 0.00276. The van der Waals surface area contributed by atoms with E-state index in [1.165, 1.54) is 57.0 Å². The molecule has 284 valence electrons. The van der Waals surface area contributed by atoms with Crippen LogP contribution in [0, 0.1) is 5.82 Å². The summed E-state index contributed by atoms with van der Waals surface area (Å²) in [5.74, 6) is -0.591. The number of alkyl halides is 3. The van der Waals surface area contributed by atoms with Crippen molar-refractivity contribution >= 4 is 45.1 Å². The molecule has 1 N–H and O–H groups in total. The van der Waals surface area contributed by atoms with Gasteiger partial charge in [0.25, 0.3) is 11.5 Å². The van der Waals surface area contributed by atoms with E-state index in [4.69, 9.17) is 25.8 Å². The van der Waals surface area contributed by atoms with Gasteiger partial charge in [0.05, 0.1) is 35.5 Å². The Kier molecular flexibility index (Phi) is 10.9. The Morgan fingerprint density at radius 2 is 1.73 bits per heavy atom. The van der Waals surface area contributed by atoms with Gasteiger partial charge in [-0.2, -0.15) is 13.2 Å². The van der Waals surface area contributed by atoms with E-state index < -0.39 is 29.0 Å². The fourth-order valence-corrected chi connectivity index (χ4v) is 6.78. The number of halogens is 5. The summed E-state index contributed by atoms with van der Waals surface area (Å²) in [5.41, 5.74) is -1.81. The number of rotatable bonds is 11. The van der Waals surface area contributed by atoms with E-state index in [0.29, 0.717) is 46.2 Å². The quantitative estimate of drug-likeness (QED) is 0.103. The van der Waals surface area contributed by atoms with Gasteiger partial charge in [0.2, 0.25) is 0 Å². The van der Waals surface area contributed by atoms with Crippen molar-refractivity contribution < 1.29 is 36.6 Å². The molecule has 15 heteroatoms. The molecular weight excluding hydrogens is 742 g/mol. The van der Waals surface area contributed by atoms with E-state index in [9.17, 15) is 22.8 Å². The number of likely N-dealkylation sites (tertiary alicyclic amines) is 1. The summed E-state index contributed by atoms with van der Waals surface area (Å²) in [7, 11) is 1.53. The highest BCUT2D eigenvalue weighted by molar-refractivity contribution is 6.32. The number of piperidine rings is 1. The maximum absolute atomic E-state index is 15.5. The van der Waals surface area contributed by atoms with Crippen molar-refractivity contribution in [1.29, 1.82) is 0 Å². The number of carbonyl (C=O) groups excluding carboxylic acids is 1. The van der Waals surface area contributed by atoms with Crippen LogP contribution in [0.1, 0.15) is 41.6 Å². The lowest BCUT2D eigenvalue weighted by Gasteiger charge is -2.26. The predicted octanol–water partition coefficient (Wildman–Crippen LogP) is 9.05. The third-order valence-corrected chi connectivity index (χ3v) is 9.55. The lowest BCUT2D eigenvalue weighted by Crippen LogP contribution is -2.31. The van der Waals surface area contributed by atoms with Gasteiger partial charge in [-0.15, -0.1) is 0 Å². The van der Waals surface area contributed by atoms with Crippen molar-refractivity contribution in [3.05, 3.63) is 118 Å². The van der Waals surface area contributed by atoms with E-state index >= 15 is 4.39 Å². The van der Waals surface area contributed by atoms with Crippen LogP contribution < -0.4 is 25.1 Å². The largest absolute Gasteiger partial charge is 0.493 e. The molecule has 3 aromatic heterocycles. The van der Waals surface area contributed by atoms with E-state index in [-0.39, 0.29) is 33.4 Å². The van der Waals surface area contributed by atoms with Gasteiger partial charge in [0, 0.05) is 47.5 Å². The molecule has 0 aliphatic carbocycles. The van der Waals surface area contributed by atoms with E-state index in [1.807, 2.05) is 0 Å². The number of ether oxygens (including phenoxy) is 3. The number of amides is 1. The third-order valence-electron chi connectivity index (χ3n) is 9.24. The Hall–Kier alpha value is -5.73. The maximum Gasteiger partial charge on any atom is 0.416 e. The molecule has 0 radical (unpaired) electrons. The van der Waals surface area contributed by atoms with Crippen LogP contribution in [0.4, 0.5) is 23.2 Å². The van der Waals surface area contributed by atoms with Crippen LogP contribution in [-0.2, 0) is 6.18 Å². The zero-order valence-corrected chi connectivity index (χ0v) is 30.2. The fourth-order valence-electron chi connectivity index (χ4n) is 6.51. The smallest absolute Gasteiger partial charge is 0.416 e. The standard InChI is InChI=1S/C40H34ClF4N5O5/c1-53-35-22-27-31(23-36(35)54-18-6-17-49-15-3-2-4-16-49)46-14-12-33(27)55-34-11-9-26(21-30(34)42)48-38(51)28-19-24-7-5-13-47-37(24)50(39(28)52)32-10-8-25(20-29(32)41)40(43,44)45/h5,7-14,19-23H,2-4,6,15-18H2,1H3,(H,48,51). The summed E-state index contributed by atoms with van der Waals surface area (Å²) in [6.45, 7) is 3.69. The van der Waals surface area contributed by atoms with Crippen LogP contribution >= 0.6 is 11.6 Å². The van der Waals surface area contributed by atoms with Crippen molar-refractivity contribution in [3.8, 4) is 28.7 Å². The molecule has 1 aliphatic rings. The lowest BCUT2D eigenvalue weighted by atomic mass is 10.1. The fraction of sp³-hybridized carbons (Fsp3) is 0.250. The minimum atomic E-state index is -4.67. The SMILES string of the molecule is COc1cc2c(Oc3ccc(NC(=O)c4cc5cccnc5n(-c5ccc(C(F)(F)F)cc5Cl)c4=O)cc3F)ccnc2cc1OCCCN1CCCCC1. The molecule has 1 saturated heterocycles. The van der Waals surface area contributed by atoms with Gasteiger partial charge >= 0.3 is 6.18 Å². The molecule has 6 aromatic rings. The first-order chi connectivity index (χ1) is 26.5. The average Bonchev–Trinajstić information content (AvgIpc) is 3.17. The van der Waals surface area contributed by atoms with Crippen LogP contribution in [0.15, 0.2) is 90.0 Å². The third kappa shape index (κ3) is 8.20. The van der Waals surface area contributed by atoms with Gasteiger partial charge in [0.1, 0.15) is 17.0 Å². The first-order valence-corrected chi connectivity index (χ1v) is 17.9. The molecular formula is C40H34ClF4N5O5. The number of hydrogen-bond acceptors (Lipinski definition) is 8. The Labute approximate surface area is 317 Å². The van der Waals surface area contributed by atoms with E-state index in [2.05, 4.69) is 20.2 Å². The number of pyridine rings is 3. The van der Waals surface area contributed by atoms with Gasteiger partial charge in [-0.1, -0.05) is 18.0 Å². The summed E-state index contributed by atoms with van der Waals surface area (Å²) < 4.78 is 74.1. The monoisotopic (exact) mass is 775 g/mol. The summed E-state index contributed by atoms with van der Waals surface area (Å²) in [4.78, 5) is 38.3. The predicted molar refractivity (Wildman–Crippen MR) is 200 cm³/mol. The normalized spacial score (nSPS) is 13.6. The zero-order valence-electron chi connectivity index (χ0n) is 29.5. The molecule has 3 aromatic carbocycles. The van der Waals surface area contributed by atoms with E-state index in [1.54, 1.807) is 30.3 Å². The highest BCUT2D eigenvalue weighted by atomic mass is 35.5. The molecule has 1 fully saturated rings. The molecule has 0 spiro atoms. The number of methoxy groups -OCH3 is 1. The molecule has 7 rings (SSSR count). The Morgan fingerprint density at radius 3 is 2.47 bits per heavy atom. The van der Waals surface area contributed by atoms with Gasteiger partial charge in [-0.3, -0.25) is 19.1 Å². The van der Waals surface area contributed by atoms with Gasteiger partial charge in [-0.25, -0.2) is 9.37 Å². The molecule has 4 heterocycles. The number of nitrogens with zero attached hydrogens (tertiary/aromatic N) is 4. The number of carbonyl (C=O) groups is 1. The summed E-state index contributed by atoms with van der Waals surface area (Å²) >= 11 is 6.24. The van der Waals surface area contributed by atoms with Crippen molar-refractivity contribution in [2.45, 2.75) is 31.9 Å². The number of aromatic nitrogens is 3. The molecule has 0 bridgehead atoms. The second-order valence-electron chi connectivity index (χ2n) is 12.9. The molecule has 0 unspecified atom stereocenters. The van der Waals surface area contributed by atoms with Gasteiger partial charge < -0.3 is 24.4 Å². The van der Waals surface area contributed by atoms with Gasteiger partial charge in [-0.05, 0) is 93.0 Å². The lowest BCUT2D eigenvalue weighted by molar-refractivity contribution is -0.137. The molecule has 55 heavy (non-hydrogen) atoms. The maximum atomic E-state index is 15.5. The van der Waals surface area contributed by atoms with Crippen molar-refractivity contribution in [2.75, 3.05) is 38.7 Å². The summed E-state index contributed by atoms with van der Waals surface area (Å²) in [6.07, 6.45) is 2.84. The molecule has 10 nitrogen and oxygen atoms in total. The molecule has 0 atom stereocenters. The number of benzene rings is 3. The molecule has 1 amide bonds. The highest BCUT2D eigenvalue weighted by Crippen LogP contribution is 2.38. The Morgan fingerprint density at radius 1 is 0.909 bits per heavy atom. The number of fused-ring (bicyclic) bond motifs is 2. The minimum Gasteiger partial charge on any atom is -0.493 e. The van der Waals surface area contributed by atoms with E-state index in [0.717, 1.165) is 48.8 Å². The topological polar surface area (TPSA) is 108 Å². The summed E-state index contributed by atoms with van der Waals surface area (Å²) in [5, 5.41) is 3.01. The van der Waals surface area contributed by atoms with Crippen LogP contribution in [-0.4, -0.2) is 58.7 Å². The van der Waals surface area contributed by atoms with Crippen LogP contribution in [0.25, 0.3) is 27.6 Å². The van der Waals surface area contributed by atoms with Crippen molar-refractivity contribution in [1.82, 2.24) is 19.4 Å². The van der Waals surface area contributed by atoms with Gasteiger partial charge in [0.15, 0.2) is 23.1 Å². The number of nitrogens with one attached hydrogen (secondary N) is 1. The Balaban J connectivity index is 1.10. The number of hydrogen-bond donors (Lipinski definition) is 1. The summed E-state index contributed by atoms with van der Waals surface area (Å²) in [6, 6.07) is 15.7. The van der Waals surface area contributed by atoms with Crippen LogP contribution in [0.3, 0.4) is 0 Å². The van der Waals surface area contributed by atoms with Crippen LogP contribution in [0.2, 0.25) is 5.02 Å². The second-order valence-corrected chi connectivity index (χ2v) is 13.3. The zero-order chi connectivity index (χ0) is 38.7. The first-order valence-electron chi connectivity index (χ1n) is 17.5. The second kappa shape index (κ2) is 15.9. The molecule has 0 saturated carbocycles. The molecule has 1 aliphatic heterocycles. The van der Waals surface area contributed by atoms with Crippen molar-refractivity contribution in [3.63, 3.8) is 0 Å². The van der Waals surface area contributed by atoms with Crippen LogP contribution in [0.5, 0.6) is 23.0 Å². The average molecular weight is 776 g/mol. The number of anilines is 1. The first kappa shape index (κ1) is 37.6. The van der Waals surface area contributed by atoms with Crippen molar-refractivity contribution in [2.24, 2.45) is 0 Å². The Bertz CT molecular complexity index is 2450. The highest BCUT2D eigenvalue weighted by Gasteiger charge is 2.31.